The zero-order valence-electron chi connectivity index (χ0n) is 6.46. The summed E-state index contributed by atoms with van der Waals surface area (Å²) < 4.78 is 1.79. The monoisotopic (exact) mass is 157 g/mol. The average molecular weight is 157 g/mol. The van der Waals surface area contributed by atoms with Gasteiger partial charge < -0.3 is 0 Å². The highest BCUT2D eigenvalue weighted by molar-refractivity contribution is 7.99. The molecule has 0 fully saturated rings. The van der Waals surface area contributed by atoms with Gasteiger partial charge in [-0.25, -0.2) is 4.98 Å². The highest BCUT2D eigenvalue weighted by atomic mass is 32.2. The smallest absolute Gasteiger partial charge is 0.208 e. The minimum absolute atomic E-state index is 0.877. The molecule has 1 aromatic heterocycles. The van der Waals surface area contributed by atoms with Crippen molar-refractivity contribution in [3.05, 3.63) is 5.82 Å². The van der Waals surface area contributed by atoms with Gasteiger partial charge in [0.2, 0.25) is 5.16 Å². The molecule has 0 bridgehead atoms. The summed E-state index contributed by atoms with van der Waals surface area (Å²) in [6.45, 7) is 4.04. The van der Waals surface area contributed by atoms with E-state index in [1.54, 1.807) is 16.4 Å². The van der Waals surface area contributed by atoms with Crippen molar-refractivity contribution >= 4 is 11.8 Å². The van der Waals surface area contributed by atoms with Crippen LogP contribution < -0.4 is 0 Å². The lowest BCUT2D eigenvalue weighted by atomic mass is 10.7. The highest BCUT2D eigenvalue weighted by Crippen LogP contribution is 2.11. The van der Waals surface area contributed by atoms with Crippen LogP contribution in [0.2, 0.25) is 0 Å². The van der Waals surface area contributed by atoms with Crippen molar-refractivity contribution in [2.75, 3.05) is 5.75 Å². The van der Waals surface area contributed by atoms with Crippen molar-refractivity contribution in [2.24, 2.45) is 7.05 Å². The molecule has 4 heteroatoms. The molecule has 0 unspecified atom stereocenters. The Balaban J connectivity index is 2.77. The van der Waals surface area contributed by atoms with Crippen molar-refractivity contribution in [2.45, 2.75) is 19.0 Å². The van der Waals surface area contributed by atoms with Gasteiger partial charge in [0.1, 0.15) is 5.82 Å². The van der Waals surface area contributed by atoms with E-state index in [-0.39, 0.29) is 0 Å². The zero-order valence-corrected chi connectivity index (χ0v) is 7.27. The molecule has 3 nitrogen and oxygen atoms in total. The Morgan fingerprint density at radius 2 is 2.30 bits per heavy atom. The van der Waals surface area contributed by atoms with Crippen LogP contribution >= 0.6 is 11.8 Å². The van der Waals surface area contributed by atoms with Gasteiger partial charge in [-0.1, -0.05) is 18.7 Å². The molecule has 1 rings (SSSR count). The normalized spacial score (nSPS) is 10.3. The van der Waals surface area contributed by atoms with E-state index in [0.29, 0.717) is 0 Å². The fourth-order valence-electron chi connectivity index (χ4n) is 0.624. The summed E-state index contributed by atoms with van der Waals surface area (Å²) in [5.74, 6) is 2.00. The van der Waals surface area contributed by atoms with E-state index < -0.39 is 0 Å². The van der Waals surface area contributed by atoms with Crippen molar-refractivity contribution in [1.82, 2.24) is 14.8 Å². The number of nitrogens with zero attached hydrogens (tertiary/aromatic N) is 3. The van der Waals surface area contributed by atoms with Crippen molar-refractivity contribution in [1.29, 1.82) is 0 Å². The summed E-state index contributed by atoms with van der Waals surface area (Å²) in [6.07, 6.45) is 0. The van der Waals surface area contributed by atoms with E-state index in [4.69, 9.17) is 0 Å². The second-order valence-corrected chi connectivity index (χ2v) is 3.23. The molecule has 1 heterocycles. The van der Waals surface area contributed by atoms with Crippen molar-refractivity contribution in [3.63, 3.8) is 0 Å². The standard InChI is InChI=1S/C6H11N3S/c1-4-10-6-7-5(2)9(3)8-6/h4H2,1-3H3. The van der Waals surface area contributed by atoms with Crippen LogP contribution in [0.5, 0.6) is 0 Å². The third-order valence-corrected chi connectivity index (χ3v) is 1.95. The molecule has 0 spiro atoms. The zero-order chi connectivity index (χ0) is 7.56. The summed E-state index contributed by atoms with van der Waals surface area (Å²) in [7, 11) is 1.90. The van der Waals surface area contributed by atoms with Crippen LogP contribution in [-0.4, -0.2) is 20.5 Å². The second kappa shape index (κ2) is 3.05. The van der Waals surface area contributed by atoms with Gasteiger partial charge in [0.05, 0.1) is 0 Å². The fraction of sp³-hybridized carbons (Fsp3) is 0.667. The van der Waals surface area contributed by atoms with Crippen LogP contribution in [-0.2, 0) is 7.05 Å². The van der Waals surface area contributed by atoms with E-state index in [9.17, 15) is 0 Å². The molecule has 10 heavy (non-hydrogen) atoms. The number of aromatic nitrogens is 3. The third kappa shape index (κ3) is 1.50. The predicted octanol–water partition coefficient (Wildman–Crippen LogP) is 1.24. The van der Waals surface area contributed by atoms with Crippen LogP contribution in [0.1, 0.15) is 12.7 Å². The van der Waals surface area contributed by atoms with Crippen LogP contribution in [0.25, 0.3) is 0 Å². The van der Waals surface area contributed by atoms with Gasteiger partial charge in [0.15, 0.2) is 0 Å². The third-order valence-electron chi connectivity index (χ3n) is 1.23. The van der Waals surface area contributed by atoms with Crippen LogP contribution in [0, 0.1) is 6.92 Å². The highest BCUT2D eigenvalue weighted by Gasteiger charge is 2.00. The lowest BCUT2D eigenvalue weighted by molar-refractivity contribution is 0.715. The van der Waals surface area contributed by atoms with E-state index in [1.165, 1.54) is 0 Å². The number of rotatable bonds is 2. The summed E-state index contributed by atoms with van der Waals surface area (Å²) >= 11 is 1.67. The Hall–Kier alpha value is -0.510. The van der Waals surface area contributed by atoms with Crippen molar-refractivity contribution in [3.8, 4) is 0 Å². The van der Waals surface area contributed by atoms with Gasteiger partial charge in [-0.3, -0.25) is 4.68 Å². The molecular weight excluding hydrogens is 146 g/mol. The molecule has 0 saturated heterocycles. The van der Waals surface area contributed by atoms with Gasteiger partial charge in [0.25, 0.3) is 0 Å². The van der Waals surface area contributed by atoms with Crippen molar-refractivity contribution < 1.29 is 0 Å². The van der Waals surface area contributed by atoms with Crippen LogP contribution in [0.3, 0.4) is 0 Å². The van der Waals surface area contributed by atoms with Gasteiger partial charge >= 0.3 is 0 Å². The number of hydrogen-bond donors (Lipinski definition) is 0. The molecule has 56 valence electrons. The molecule has 0 saturated carbocycles. The van der Waals surface area contributed by atoms with E-state index in [1.807, 2.05) is 14.0 Å². The Labute approximate surface area is 64.8 Å². The number of thioether (sulfide) groups is 1. The maximum Gasteiger partial charge on any atom is 0.208 e. The molecule has 0 N–H and O–H groups in total. The van der Waals surface area contributed by atoms with E-state index in [2.05, 4.69) is 17.0 Å². The molecule has 0 aliphatic heterocycles. The molecule has 0 amide bonds. The molecule has 1 aromatic rings. The van der Waals surface area contributed by atoms with Gasteiger partial charge in [-0.05, 0) is 12.7 Å². The largest absolute Gasteiger partial charge is 0.252 e. The molecule has 0 aliphatic rings. The minimum Gasteiger partial charge on any atom is -0.252 e. The Morgan fingerprint density at radius 3 is 2.70 bits per heavy atom. The predicted molar refractivity (Wildman–Crippen MR) is 42.1 cm³/mol. The molecule has 0 atom stereocenters. The summed E-state index contributed by atoms with van der Waals surface area (Å²) in [6, 6.07) is 0. The Kier molecular flexibility index (Phi) is 2.32. The van der Waals surface area contributed by atoms with Crippen LogP contribution in [0.4, 0.5) is 0 Å². The SMILES string of the molecule is CCSc1nc(C)n(C)n1. The average Bonchev–Trinajstić information content (AvgIpc) is 2.14. The summed E-state index contributed by atoms with van der Waals surface area (Å²) in [5.41, 5.74) is 0. The molecular formula is C6H11N3S. The second-order valence-electron chi connectivity index (χ2n) is 2.00. The molecule has 0 aromatic carbocycles. The summed E-state index contributed by atoms with van der Waals surface area (Å²) in [5, 5.41) is 5.05. The first kappa shape index (κ1) is 7.60. The quantitative estimate of drug-likeness (QED) is 0.605. The number of hydrogen-bond acceptors (Lipinski definition) is 3. The topological polar surface area (TPSA) is 30.7 Å². The summed E-state index contributed by atoms with van der Waals surface area (Å²) in [4.78, 5) is 4.21. The first-order valence-corrected chi connectivity index (χ1v) is 4.23. The fourth-order valence-corrected chi connectivity index (χ4v) is 1.26. The first-order valence-electron chi connectivity index (χ1n) is 3.24. The van der Waals surface area contributed by atoms with E-state index >= 15 is 0 Å². The minimum atomic E-state index is 0.877. The Morgan fingerprint density at radius 1 is 1.60 bits per heavy atom. The lowest BCUT2D eigenvalue weighted by Gasteiger charge is -1.86. The number of aryl methyl sites for hydroxylation is 2. The molecule has 0 aliphatic carbocycles. The maximum absolute atomic E-state index is 4.21. The van der Waals surface area contributed by atoms with Crippen LogP contribution in [0.15, 0.2) is 5.16 Å². The van der Waals surface area contributed by atoms with Gasteiger partial charge in [-0.15, -0.1) is 5.10 Å². The van der Waals surface area contributed by atoms with Gasteiger partial charge in [-0.2, -0.15) is 0 Å². The maximum atomic E-state index is 4.21. The van der Waals surface area contributed by atoms with E-state index in [0.717, 1.165) is 16.7 Å². The Bertz CT molecular complexity index is 199. The molecule has 0 radical (unpaired) electrons. The lowest BCUT2D eigenvalue weighted by Crippen LogP contribution is -1.92. The van der Waals surface area contributed by atoms with Gasteiger partial charge in [0, 0.05) is 7.05 Å². The first-order chi connectivity index (χ1) is 4.74.